The molecule has 6 heteroatoms. The fourth-order valence-corrected chi connectivity index (χ4v) is 2.68. The Labute approximate surface area is 135 Å². The Hall–Kier alpha value is -2.63. The number of hydrogen-bond donors (Lipinski definition) is 2. The van der Waals surface area contributed by atoms with Crippen molar-refractivity contribution in [3.05, 3.63) is 48.3 Å². The topological polar surface area (TPSA) is 70.2 Å². The van der Waals surface area contributed by atoms with Gasteiger partial charge >= 0.3 is 6.03 Å². The predicted octanol–water partition coefficient (Wildman–Crippen LogP) is 2.89. The third-order valence-corrected chi connectivity index (χ3v) is 3.92. The SMILES string of the molecule is Cc1cccc(NC2CCN(C(=O)Nc3ccccn3)CC2)n1. The van der Waals surface area contributed by atoms with Gasteiger partial charge in [-0.25, -0.2) is 14.8 Å². The van der Waals surface area contributed by atoms with Crippen LogP contribution in [-0.4, -0.2) is 40.0 Å². The van der Waals surface area contributed by atoms with Crippen molar-refractivity contribution in [1.29, 1.82) is 0 Å². The summed E-state index contributed by atoms with van der Waals surface area (Å²) < 4.78 is 0. The molecule has 2 aromatic rings. The number of likely N-dealkylation sites (tertiary alicyclic amines) is 1. The molecule has 3 heterocycles. The van der Waals surface area contributed by atoms with Crippen molar-refractivity contribution in [2.45, 2.75) is 25.8 Å². The Kier molecular flexibility index (Phi) is 4.71. The molecule has 0 aliphatic carbocycles. The number of aromatic nitrogens is 2. The second-order valence-corrected chi connectivity index (χ2v) is 5.71. The minimum atomic E-state index is -0.0872. The van der Waals surface area contributed by atoms with Gasteiger partial charge in [-0.1, -0.05) is 12.1 Å². The van der Waals surface area contributed by atoms with Crippen LogP contribution in [0.25, 0.3) is 0 Å². The summed E-state index contributed by atoms with van der Waals surface area (Å²) in [6.45, 7) is 3.43. The van der Waals surface area contributed by atoms with E-state index in [-0.39, 0.29) is 6.03 Å². The Morgan fingerprint density at radius 1 is 1.13 bits per heavy atom. The lowest BCUT2D eigenvalue weighted by Crippen LogP contribution is -2.44. The standard InChI is InChI=1S/C17H21N5O/c1-13-5-4-7-16(19-13)20-14-8-11-22(12-9-14)17(23)21-15-6-2-3-10-18-15/h2-7,10,14H,8-9,11-12H2,1H3,(H,19,20)(H,18,21,23). The average Bonchev–Trinajstić information content (AvgIpc) is 2.56. The number of amides is 2. The molecule has 0 saturated carbocycles. The van der Waals surface area contributed by atoms with E-state index in [4.69, 9.17) is 0 Å². The number of nitrogens with one attached hydrogen (secondary N) is 2. The van der Waals surface area contributed by atoms with E-state index >= 15 is 0 Å². The molecule has 2 amide bonds. The molecule has 0 aromatic carbocycles. The van der Waals surface area contributed by atoms with E-state index in [0.717, 1.165) is 37.4 Å². The Balaban J connectivity index is 1.49. The van der Waals surface area contributed by atoms with Gasteiger partial charge in [-0.05, 0) is 44.0 Å². The number of anilines is 2. The molecule has 2 aromatic heterocycles. The number of carbonyl (C=O) groups excluding carboxylic acids is 1. The minimum absolute atomic E-state index is 0.0872. The summed E-state index contributed by atoms with van der Waals surface area (Å²) in [5, 5.41) is 6.28. The van der Waals surface area contributed by atoms with E-state index < -0.39 is 0 Å². The van der Waals surface area contributed by atoms with Gasteiger partial charge in [0.1, 0.15) is 11.6 Å². The summed E-state index contributed by atoms with van der Waals surface area (Å²) in [4.78, 5) is 22.6. The number of carbonyl (C=O) groups is 1. The van der Waals surface area contributed by atoms with Crippen molar-refractivity contribution < 1.29 is 4.79 Å². The molecule has 0 atom stereocenters. The first-order valence-corrected chi connectivity index (χ1v) is 7.88. The molecule has 0 spiro atoms. The number of urea groups is 1. The molecule has 1 aliphatic rings. The van der Waals surface area contributed by atoms with Crippen molar-refractivity contribution in [2.24, 2.45) is 0 Å². The number of hydrogen-bond acceptors (Lipinski definition) is 4. The van der Waals surface area contributed by atoms with Gasteiger partial charge in [0.05, 0.1) is 0 Å². The average molecular weight is 311 g/mol. The molecule has 3 rings (SSSR count). The van der Waals surface area contributed by atoms with Crippen LogP contribution in [0.3, 0.4) is 0 Å². The van der Waals surface area contributed by atoms with Gasteiger partial charge in [0.2, 0.25) is 0 Å². The first-order valence-electron chi connectivity index (χ1n) is 7.88. The maximum Gasteiger partial charge on any atom is 0.323 e. The van der Waals surface area contributed by atoms with Gasteiger partial charge in [0.25, 0.3) is 0 Å². The summed E-state index contributed by atoms with van der Waals surface area (Å²) in [5.41, 5.74) is 1.00. The number of piperidine rings is 1. The van der Waals surface area contributed by atoms with Crippen molar-refractivity contribution in [3.8, 4) is 0 Å². The lowest BCUT2D eigenvalue weighted by Gasteiger charge is -2.32. The van der Waals surface area contributed by atoms with Crippen molar-refractivity contribution >= 4 is 17.7 Å². The van der Waals surface area contributed by atoms with Crippen molar-refractivity contribution in [2.75, 3.05) is 23.7 Å². The van der Waals surface area contributed by atoms with Crippen LogP contribution in [0.2, 0.25) is 0 Å². The fourth-order valence-electron chi connectivity index (χ4n) is 2.68. The van der Waals surface area contributed by atoms with Crippen LogP contribution in [0.4, 0.5) is 16.4 Å². The zero-order valence-electron chi connectivity index (χ0n) is 13.2. The van der Waals surface area contributed by atoms with Crippen LogP contribution in [-0.2, 0) is 0 Å². The van der Waals surface area contributed by atoms with Crippen LogP contribution in [0.15, 0.2) is 42.6 Å². The third kappa shape index (κ3) is 4.18. The molecule has 120 valence electrons. The normalized spacial score (nSPS) is 15.3. The molecule has 1 aliphatic heterocycles. The maximum absolute atomic E-state index is 12.2. The number of rotatable bonds is 3. The predicted molar refractivity (Wildman–Crippen MR) is 90.4 cm³/mol. The van der Waals surface area contributed by atoms with E-state index in [1.165, 1.54) is 0 Å². The summed E-state index contributed by atoms with van der Waals surface area (Å²) >= 11 is 0. The molecule has 1 saturated heterocycles. The molecule has 0 bridgehead atoms. The van der Waals surface area contributed by atoms with Gasteiger partial charge in [0.15, 0.2) is 0 Å². The fraction of sp³-hybridized carbons (Fsp3) is 0.353. The summed E-state index contributed by atoms with van der Waals surface area (Å²) in [5.74, 6) is 1.49. The maximum atomic E-state index is 12.2. The van der Waals surface area contributed by atoms with Gasteiger partial charge in [-0.3, -0.25) is 5.32 Å². The Morgan fingerprint density at radius 3 is 2.61 bits per heavy atom. The first kappa shape index (κ1) is 15.3. The highest BCUT2D eigenvalue weighted by Crippen LogP contribution is 2.16. The highest BCUT2D eigenvalue weighted by Gasteiger charge is 2.23. The van der Waals surface area contributed by atoms with E-state index in [1.54, 1.807) is 12.3 Å². The highest BCUT2D eigenvalue weighted by molar-refractivity contribution is 5.88. The summed E-state index contributed by atoms with van der Waals surface area (Å²) in [6, 6.07) is 11.7. The van der Waals surface area contributed by atoms with Crippen molar-refractivity contribution in [3.63, 3.8) is 0 Å². The van der Waals surface area contributed by atoms with Crippen LogP contribution < -0.4 is 10.6 Å². The van der Waals surface area contributed by atoms with Gasteiger partial charge in [0, 0.05) is 31.0 Å². The Morgan fingerprint density at radius 2 is 1.91 bits per heavy atom. The quantitative estimate of drug-likeness (QED) is 0.914. The molecule has 6 nitrogen and oxygen atoms in total. The molecule has 0 unspecified atom stereocenters. The smallest absolute Gasteiger partial charge is 0.323 e. The molecular weight excluding hydrogens is 290 g/mol. The highest BCUT2D eigenvalue weighted by atomic mass is 16.2. The molecular formula is C17H21N5O. The van der Waals surface area contributed by atoms with E-state index in [9.17, 15) is 4.79 Å². The zero-order valence-corrected chi connectivity index (χ0v) is 13.2. The van der Waals surface area contributed by atoms with Gasteiger partial charge < -0.3 is 10.2 Å². The largest absolute Gasteiger partial charge is 0.367 e. The number of nitrogens with zero attached hydrogens (tertiary/aromatic N) is 3. The third-order valence-electron chi connectivity index (χ3n) is 3.92. The molecule has 0 radical (unpaired) electrons. The molecule has 1 fully saturated rings. The summed E-state index contributed by atoms with van der Waals surface area (Å²) in [7, 11) is 0. The van der Waals surface area contributed by atoms with Gasteiger partial charge in [-0.2, -0.15) is 0 Å². The van der Waals surface area contributed by atoms with Crippen LogP contribution in [0.5, 0.6) is 0 Å². The lowest BCUT2D eigenvalue weighted by molar-refractivity contribution is 0.197. The van der Waals surface area contributed by atoms with E-state index in [2.05, 4.69) is 20.6 Å². The second-order valence-electron chi connectivity index (χ2n) is 5.71. The second kappa shape index (κ2) is 7.09. The monoisotopic (exact) mass is 311 g/mol. The lowest BCUT2D eigenvalue weighted by atomic mass is 10.1. The van der Waals surface area contributed by atoms with Crippen LogP contribution in [0.1, 0.15) is 18.5 Å². The first-order chi connectivity index (χ1) is 11.2. The van der Waals surface area contributed by atoms with Crippen LogP contribution >= 0.6 is 0 Å². The van der Waals surface area contributed by atoms with Crippen molar-refractivity contribution in [1.82, 2.24) is 14.9 Å². The number of aryl methyl sites for hydroxylation is 1. The Bertz CT molecular complexity index is 653. The number of pyridine rings is 2. The van der Waals surface area contributed by atoms with Crippen LogP contribution in [0, 0.1) is 6.92 Å². The summed E-state index contributed by atoms with van der Waals surface area (Å²) in [6.07, 6.45) is 3.48. The minimum Gasteiger partial charge on any atom is -0.367 e. The van der Waals surface area contributed by atoms with Gasteiger partial charge in [-0.15, -0.1) is 0 Å². The molecule has 23 heavy (non-hydrogen) atoms. The zero-order chi connectivity index (χ0) is 16.1. The van der Waals surface area contributed by atoms with E-state index in [0.29, 0.717) is 11.9 Å². The molecule has 2 N–H and O–H groups in total. The van der Waals surface area contributed by atoms with E-state index in [1.807, 2.05) is 42.2 Å².